The lowest BCUT2D eigenvalue weighted by Gasteiger charge is -2.26. The molecule has 0 fully saturated rings. The summed E-state index contributed by atoms with van der Waals surface area (Å²) in [5, 5.41) is 3.37. The van der Waals surface area contributed by atoms with Crippen LogP contribution < -0.4 is 5.32 Å². The van der Waals surface area contributed by atoms with Crippen LogP contribution in [0.3, 0.4) is 0 Å². The molecule has 0 rings (SSSR count). The maximum Gasteiger partial charge on any atom is 0.00639 e. The number of rotatable bonds is 5. The third-order valence-electron chi connectivity index (χ3n) is 2.55. The predicted octanol–water partition coefficient (Wildman–Crippen LogP) is 3.45. The molecule has 0 saturated carbocycles. The molecule has 0 aliphatic carbocycles. The van der Waals surface area contributed by atoms with Crippen molar-refractivity contribution < 1.29 is 0 Å². The minimum atomic E-state index is 0.478. The first kappa shape index (κ1) is 13.0. The van der Waals surface area contributed by atoms with Gasteiger partial charge in [-0.25, -0.2) is 0 Å². The Morgan fingerprint density at radius 1 is 1.23 bits per heavy atom. The molecule has 0 aromatic carbocycles. The van der Waals surface area contributed by atoms with Crippen molar-refractivity contribution in [2.75, 3.05) is 7.05 Å². The zero-order valence-electron chi connectivity index (χ0n) is 10.3. The third kappa shape index (κ3) is 7.06. The lowest BCUT2D eigenvalue weighted by atomic mass is 9.82. The van der Waals surface area contributed by atoms with Crippen molar-refractivity contribution in [3.05, 3.63) is 0 Å². The van der Waals surface area contributed by atoms with E-state index in [1.54, 1.807) is 0 Å². The Morgan fingerprint density at radius 2 is 1.77 bits per heavy atom. The molecule has 0 bridgehead atoms. The van der Waals surface area contributed by atoms with E-state index >= 15 is 0 Å². The fourth-order valence-corrected chi connectivity index (χ4v) is 2.10. The molecule has 0 spiro atoms. The number of hydrogen-bond donors (Lipinski definition) is 1. The van der Waals surface area contributed by atoms with E-state index in [0.29, 0.717) is 11.5 Å². The Balaban J connectivity index is 3.79. The first-order valence-corrected chi connectivity index (χ1v) is 5.56. The fourth-order valence-electron chi connectivity index (χ4n) is 2.10. The van der Waals surface area contributed by atoms with E-state index in [1.165, 1.54) is 19.3 Å². The second-order valence-electron chi connectivity index (χ2n) is 5.50. The van der Waals surface area contributed by atoms with Crippen LogP contribution in [-0.4, -0.2) is 13.1 Å². The predicted molar refractivity (Wildman–Crippen MR) is 61.0 cm³/mol. The summed E-state index contributed by atoms with van der Waals surface area (Å²) in [7, 11) is 2.07. The minimum Gasteiger partial charge on any atom is -0.317 e. The Morgan fingerprint density at radius 3 is 2.08 bits per heavy atom. The van der Waals surface area contributed by atoms with E-state index in [2.05, 4.69) is 47.0 Å². The zero-order chi connectivity index (χ0) is 10.5. The SMILES string of the molecule is CCC(CC(C)CC(C)(C)C)NC. The van der Waals surface area contributed by atoms with Crippen LogP contribution in [0.1, 0.15) is 53.9 Å². The summed E-state index contributed by atoms with van der Waals surface area (Å²) >= 11 is 0. The molecule has 0 amide bonds. The Hall–Kier alpha value is -0.0400. The average Bonchev–Trinajstić information content (AvgIpc) is 1.96. The van der Waals surface area contributed by atoms with Crippen LogP contribution in [0.15, 0.2) is 0 Å². The molecule has 1 heteroatoms. The molecule has 2 unspecified atom stereocenters. The molecule has 0 radical (unpaired) electrons. The molecule has 0 saturated heterocycles. The second-order valence-corrected chi connectivity index (χ2v) is 5.50. The lowest BCUT2D eigenvalue weighted by Crippen LogP contribution is -2.27. The van der Waals surface area contributed by atoms with Crippen molar-refractivity contribution in [2.24, 2.45) is 11.3 Å². The van der Waals surface area contributed by atoms with Crippen LogP contribution in [0.25, 0.3) is 0 Å². The van der Waals surface area contributed by atoms with Crippen molar-refractivity contribution in [2.45, 2.75) is 59.9 Å². The summed E-state index contributed by atoms with van der Waals surface area (Å²) in [6.07, 6.45) is 3.88. The molecule has 1 nitrogen and oxygen atoms in total. The first-order chi connectivity index (χ1) is 5.89. The van der Waals surface area contributed by atoms with Crippen molar-refractivity contribution in [3.8, 4) is 0 Å². The first-order valence-electron chi connectivity index (χ1n) is 5.56. The van der Waals surface area contributed by atoms with Gasteiger partial charge in [-0.05, 0) is 37.6 Å². The molecule has 0 aliphatic heterocycles. The molecule has 0 aromatic heterocycles. The molecule has 0 aliphatic rings. The van der Waals surface area contributed by atoms with Gasteiger partial charge < -0.3 is 5.32 Å². The molecule has 13 heavy (non-hydrogen) atoms. The zero-order valence-corrected chi connectivity index (χ0v) is 10.3. The molecule has 0 heterocycles. The van der Waals surface area contributed by atoms with Gasteiger partial charge in [0.15, 0.2) is 0 Å². The summed E-state index contributed by atoms with van der Waals surface area (Å²) in [6.45, 7) is 11.6. The van der Waals surface area contributed by atoms with Gasteiger partial charge in [-0.15, -0.1) is 0 Å². The van der Waals surface area contributed by atoms with Gasteiger partial charge in [0.25, 0.3) is 0 Å². The van der Waals surface area contributed by atoms with E-state index in [1.807, 2.05) is 0 Å². The maximum absolute atomic E-state index is 3.37. The standard InChI is InChI=1S/C12H27N/c1-7-11(13-6)8-10(2)9-12(3,4)5/h10-11,13H,7-9H2,1-6H3. The Kier molecular flexibility index (Phi) is 5.62. The van der Waals surface area contributed by atoms with Gasteiger partial charge in [-0.3, -0.25) is 0 Å². The fraction of sp³-hybridized carbons (Fsp3) is 1.00. The van der Waals surface area contributed by atoms with Crippen LogP contribution in [-0.2, 0) is 0 Å². The quantitative estimate of drug-likeness (QED) is 0.692. The summed E-state index contributed by atoms with van der Waals surface area (Å²) in [4.78, 5) is 0. The maximum atomic E-state index is 3.37. The van der Waals surface area contributed by atoms with Gasteiger partial charge in [0, 0.05) is 6.04 Å². The van der Waals surface area contributed by atoms with E-state index < -0.39 is 0 Å². The van der Waals surface area contributed by atoms with Crippen molar-refractivity contribution in [3.63, 3.8) is 0 Å². The monoisotopic (exact) mass is 185 g/mol. The van der Waals surface area contributed by atoms with Crippen molar-refractivity contribution in [1.82, 2.24) is 5.32 Å². The Bertz CT molecular complexity index is 120. The van der Waals surface area contributed by atoms with Gasteiger partial charge in [0.1, 0.15) is 0 Å². The molecule has 80 valence electrons. The Labute approximate surface area is 84.3 Å². The van der Waals surface area contributed by atoms with E-state index in [-0.39, 0.29) is 0 Å². The number of nitrogens with one attached hydrogen (secondary N) is 1. The normalized spacial score (nSPS) is 17.1. The van der Waals surface area contributed by atoms with Crippen LogP contribution in [0, 0.1) is 11.3 Å². The van der Waals surface area contributed by atoms with E-state index in [9.17, 15) is 0 Å². The van der Waals surface area contributed by atoms with E-state index in [0.717, 1.165) is 5.92 Å². The summed E-state index contributed by atoms with van der Waals surface area (Å²) in [5.74, 6) is 0.831. The van der Waals surface area contributed by atoms with Gasteiger partial charge in [0.2, 0.25) is 0 Å². The molecular formula is C12H27N. The molecule has 0 aromatic rings. The summed E-state index contributed by atoms with van der Waals surface area (Å²) < 4.78 is 0. The summed E-state index contributed by atoms with van der Waals surface area (Å²) in [6, 6.07) is 0.706. The number of hydrogen-bond acceptors (Lipinski definition) is 1. The summed E-state index contributed by atoms with van der Waals surface area (Å²) in [5.41, 5.74) is 0.478. The van der Waals surface area contributed by atoms with Gasteiger partial charge in [-0.1, -0.05) is 34.6 Å². The molecule has 1 N–H and O–H groups in total. The molecular weight excluding hydrogens is 158 g/mol. The highest BCUT2D eigenvalue weighted by molar-refractivity contribution is 4.71. The van der Waals surface area contributed by atoms with Gasteiger partial charge in [0.05, 0.1) is 0 Å². The minimum absolute atomic E-state index is 0.478. The van der Waals surface area contributed by atoms with Crippen molar-refractivity contribution >= 4 is 0 Å². The van der Waals surface area contributed by atoms with E-state index in [4.69, 9.17) is 0 Å². The molecule has 2 atom stereocenters. The highest BCUT2D eigenvalue weighted by atomic mass is 14.9. The smallest absolute Gasteiger partial charge is 0.00639 e. The lowest BCUT2D eigenvalue weighted by molar-refractivity contribution is 0.276. The largest absolute Gasteiger partial charge is 0.317 e. The van der Waals surface area contributed by atoms with Crippen LogP contribution in [0.5, 0.6) is 0 Å². The highest BCUT2D eigenvalue weighted by Crippen LogP contribution is 2.26. The van der Waals surface area contributed by atoms with Crippen LogP contribution >= 0.6 is 0 Å². The highest BCUT2D eigenvalue weighted by Gasteiger charge is 2.17. The van der Waals surface area contributed by atoms with Crippen LogP contribution in [0.4, 0.5) is 0 Å². The second kappa shape index (κ2) is 5.64. The topological polar surface area (TPSA) is 12.0 Å². The van der Waals surface area contributed by atoms with Crippen molar-refractivity contribution in [1.29, 1.82) is 0 Å². The average molecular weight is 185 g/mol. The van der Waals surface area contributed by atoms with Crippen LogP contribution in [0.2, 0.25) is 0 Å². The third-order valence-corrected chi connectivity index (χ3v) is 2.55. The van der Waals surface area contributed by atoms with Gasteiger partial charge in [-0.2, -0.15) is 0 Å². The van der Waals surface area contributed by atoms with Gasteiger partial charge >= 0.3 is 0 Å².